The minimum atomic E-state index is -3.78. The molecule has 11 heteroatoms. The number of hydrogen-bond acceptors (Lipinski definition) is 6. The summed E-state index contributed by atoms with van der Waals surface area (Å²) in [5.41, 5.74) is -1.02. The van der Waals surface area contributed by atoms with E-state index in [9.17, 15) is 27.7 Å². The number of nitrogens with zero attached hydrogens (tertiary/aromatic N) is 1. The van der Waals surface area contributed by atoms with Crippen LogP contribution in [0.2, 0.25) is 0 Å². The fourth-order valence-corrected chi connectivity index (χ4v) is 2.47. The number of sulfonamides is 1. The number of amides is 1. The van der Waals surface area contributed by atoms with E-state index in [2.05, 4.69) is 10.0 Å². The Morgan fingerprint density at radius 3 is 2.44 bits per heavy atom. The molecular weight excluding hydrogens is 357 g/mol. The topological polar surface area (TPSA) is 128 Å². The van der Waals surface area contributed by atoms with Gasteiger partial charge in [-0.1, -0.05) is 12.1 Å². The molecule has 0 unspecified atom stereocenters. The van der Waals surface area contributed by atoms with Crippen LogP contribution in [-0.2, 0) is 14.8 Å². The Labute approximate surface area is 141 Å². The first kappa shape index (κ1) is 18.1. The van der Waals surface area contributed by atoms with E-state index in [1.54, 1.807) is 0 Å². The first-order valence-corrected chi connectivity index (χ1v) is 8.53. The van der Waals surface area contributed by atoms with Gasteiger partial charge in [-0.2, -0.15) is 0 Å². The van der Waals surface area contributed by atoms with Crippen LogP contribution in [0, 0.1) is 15.9 Å². The third-order valence-corrected chi connectivity index (χ3v) is 3.45. The fraction of sp³-hybridized carbons (Fsp3) is 0.0714. The van der Waals surface area contributed by atoms with Crippen LogP contribution in [0.5, 0.6) is 11.5 Å². The molecule has 0 aliphatic rings. The van der Waals surface area contributed by atoms with Crippen molar-refractivity contribution in [3.8, 4) is 11.5 Å². The number of nitro groups is 1. The molecule has 0 radical (unpaired) electrons. The molecule has 132 valence electrons. The summed E-state index contributed by atoms with van der Waals surface area (Å²) in [6, 6.07) is 7.14. The number of benzene rings is 2. The zero-order chi connectivity index (χ0) is 18.6. The van der Waals surface area contributed by atoms with Crippen molar-refractivity contribution in [3.05, 3.63) is 52.3 Å². The number of carbonyl (C=O) groups excluding carboxylic acids is 1. The predicted molar refractivity (Wildman–Crippen MR) is 87.7 cm³/mol. The zero-order valence-corrected chi connectivity index (χ0v) is 13.5. The molecule has 9 nitrogen and oxygen atoms in total. The minimum Gasteiger partial charge on any atom is -0.452 e. The molecule has 0 aromatic heterocycles. The molecule has 0 heterocycles. The van der Waals surface area contributed by atoms with Gasteiger partial charge in [0.05, 0.1) is 22.9 Å². The Balaban J connectivity index is 2.61. The van der Waals surface area contributed by atoms with E-state index in [0.29, 0.717) is 0 Å². The summed E-state index contributed by atoms with van der Waals surface area (Å²) in [7, 11) is -3.78. The van der Waals surface area contributed by atoms with E-state index in [1.807, 2.05) is 0 Å². The molecule has 0 atom stereocenters. The Morgan fingerprint density at radius 2 is 1.88 bits per heavy atom. The van der Waals surface area contributed by atoms with Gasteiger partial charge in [-0.25, -0.2) is 12.8 Å². The molecule has 0 bridgehead atoms. The molecule has 0 fully saturated rings. The molecule has 0 saturated heterocycles. The van der Waals surface area contributed by atoms with Crippen LogP contribution in [0.15, 0.2) is 36.4 Å². The lowest BCUT2D eigenvalue weighted by Gasteiger charge is -2.14. The number of hydrogen-bond donors (Lipinski definition) is 2. The number of nitrogens with one attached hydrogen (secondary N) is 2. The van der Waals surface area contributed by atoms with Crippen molar-refractivity contribution < 1.29 is 27.3 Å². The van der Waals surface area contributed by atoms with Crippen LogP contribution in [0.1, 0.15) is 0 Å². The van der Waals surface area contributed by atoms with Crippen molar-refractivity contribution in [2.75, 3.05) is 16.3 Å². The monoisotopic (exact) mass is 369 g/mol. The Kier molecular flexibility index (Phi) is 5.17. The summed E-state index contributed by atoms with van der Waals surface area (Å²) in [6.07, 6.45) is 1.05. The fourth-order valence-electron chi connectivity index (χ4n) is 1.91. The van der Waals surface area contributed by atoms with Crippen LogP contribution in [0.3, 0.4) is 0 Å². The summed E-state index contributed by atoms with van der Waals surface area (Å²) >= 11 is 0. The van der Waals surface area contributed by atoms with Crippen LogP contribution < -0.4 is 14.8 Å². The van der Waals surface area contributed by atoms with Gasteiger partial charge in [0, 0.05) is 0 Å². The third-order valence-electron chi connectivity index (χ3n) is 2.86. The van der Waals surface area contributed by atoms with Gasteiger partial charge in [0.15, 0.2) is 17.3 Å². The molecule has 0 saturated carbocycles. The lowest BCUT2D eigenvalue weighted by molar-refractivity contribution is -0.384. The summed E-state index contributed by atoms with van der Waals surface area (Å²) in [4.78, 5) is 21.0. The first-order valence-electron chi connectivity index (χ1n) is 6.64. The summed E-state index contributed by atoms with van der Waals surface area (Å²) < 4.78 is 44.1. The minimum absolute atomic E-state index is 0.198. The second kappa shape index (κ2) is 7.13. The van der Waals surface area contributed by atoms with E-state index < -0.39 is 26.5 Å². The highest BCUT2D eigenvalue weighted by Gasteiger charge is 2.21. The van der Waals surface area contributed by atoms with Gasteiger partial charge in [0.25, 0.3) is 5.69 Å². The number of nitro benzene ring substituents is 1. The highest BCUT2D eigenvalue weighted by Crippen LogP contribution is 2.39. The lowest BCUT2D eigenvalue weighted by atomic mass is 10.2. The smallest absolute Gasteiger partial charge is 0.296 e. The average molecular weight is 369 g/mol. The quantitative estimate of drug-likeness (QED) is 0.438. The van der Waals surface area contributed by atoms with Crippen molar-refractivity contribution in [2.24, 2.45) is 0 Å². The van der Waals surface area contributed by atoms with Gasteiger partial charge in [0.2, 0.25) is 16.4 Å². The molecule has 2 aromatic carbocycles. The molecule has 2 aromatic rings. The van der Waals surface area contributed by atoms with Crippen LogP contribution >= 0.6 is 0 Å². The number of ether oxygens (including phenoxy) is 1. The van der Waals surface area contributed by atoms with Crippen LogP contribution in [-0.4, -0.2) is 26.0 Å². The number of carbonyl (C=O) groups is 1. The first-order chi connectivity index (χ1) is 11.7. The standard InChI is InChI=1S/C14H12FN3O6S/c1-25(22,23)17-11-6-10(16-8-19)12(18(20)21)7-14(11)24-13-5-3-2-4-9(13)15/h2-8,17H,1H3,(H,16,19). The van der Waals surface area contributed by atoms with Gasteiger partial charge < -0.3 is 10.1 Å². The van der Waals surface area contributed by atoms with E-state index in [0.717, 1.165) is 24.5 Å². The zero-order valence-electron chi connectivity index (χ0n) is 12.7. The number of para-hydroxylation sites is 1. The molecule has 0 spiro atoms. The maximum absolute atomic E-state index is 13.7. The second-order valence-corrected chi connectivity index (χ2v) is 6.54. The highest BCUT2D eigenvalue weighted by molar-refractivity contribution is 7.92. The Morgan fingerprint density at radius 1 is 1.20 bits per heavy atom. The van der Waals surface area contributed by atoms with Crippen molar-refractivity contribution in [1.29, 1.82) is 0 Å². The van der Waals surface area contributed by atoms with Crippen LogP contribution in [0.4, 0.5) is 21.5 Å². The van der Waals surface area contributed by atoms with E-state index in [-0.39, 0.29) is 29.3 Å². The van der Waals surface area contributed by atoms with Crippen LogP contribution in [0.25, 0.3) is 0 Å². The van der Waals surface area contributed by atoms with E-state index in [4.69, 9.17) is 4.74 Å². The maximum atomic E-state index is 13.7. The summed E-state index contributed by atoms with van der Waals surface area (Å²) in [6.45, 7) is 0. The number of anilines is 2. The molecule has 2 rings (SSSR count). The molecular formula is C14H12FN3O6S. The number of rotatable bonds is 7. The van der Waals surface area contributed by atoms with Gasteiger partial charge in [-0.3, -0.25) is 19.6 Å². The normalized spacial score (nSPS) is 10.8. The number of halogens is 1. The molecule has 1 amide bonds. The summed E-state index contributed by atoms with van der Waals surface area (Å²) in [5, 5.41) is 13.2. The van der Waals surface area contributed by atoms with E-state index >= 15 is 0 Å². The van der Waals surface area contributed by atoms with Gasteiger partial charge in [-0.05, 0) is 18.2 Å². The van der Waals surface area contributed by atoms with Crippen molar-refractivity contribution >= 4 is 33.5 Å². The SMILES string of the molecule is CS(=O)(=O)Nc1cc(NC=O)c([N+](=O)[O-])cc1Oc1ccccc1F. The van der Waals surface area contributed by atoms with Gasteiger partial charge >= 0.3 is 0 Å². The average Bonchev–Trinajstić information content (AvgIpc) is 2.50. The van der Waals surface area contributed by atoms with Crippen molar-refractivity contribution in [1.82, 2.24) is 0 Å². The van der Waals surface area contributed by atoms with Crippen molar-refractivity contribution in [2.45, 2.75) is 0 Å². The Bertz CT molecular complexity index is 932. The maximum Gasteiger partial charge on any atom is 0.296 e. The predicted octanol–water partition coefficient (Wildman–Crippen LogP) is 2.47. The third kappa shape index (κ3) is 4.64. The molecule has 25 heavy (non-hydrogen) atoms. The summed E-state index contributed by atoms with van der Waals surface area (Å²) in [5.74, 6) is -1.31. The van der Waals surface area contributed by atoms with Gasteiger partial charge in [-0.15, -0.1) is 0 Å². The molecule has 2 N–H and O–H groups in total. The van der Waals surface area contributed by atoms with E-state index in [1.165, 1.54) is 18.2 Å². The lowest BCUT2D eigenvalue weighted by Crippen LogP contribution is -2.11. The largest absolute Gasteiger partial charge is 0.452 e. The molecule has 0 aliphatic carbocycles. The highest BCUT2D eigenvalue weighted by atomic mass is 32.2. The van der Waals surface area contributed by atoms with Gasteiger partial charge in [0.1, 0.15) is 5.69 Å². The molecule has 0 aliphatic heterocycles. The van der Waals surface area contributed by atoms with Crippen molar-refractivity contribution in [3.63, 3.8) is 0 Å². The Hall–Kier alpha value is -3.21. The second-order valence-electron chi connectivity index (χ2n) is 4.79.